The quantitative estimate of drug-likeness (QED) is 0.200. The second-order valence-corrected chi connectivity index (χ2v) is 10.1. The molecule has 3 heterocycles. The fourth-order valence-corrected chi connectivity index (χ4v) is 4.52. The molecule has 0 bridgehead atoms. The minimum absolute atomic E-state index is 0.00848. The van der Waals surface area contributed by atoms with Gasteiger partial charge in [0.05, 0.1) is 22.0 Å². The largest absolute Gasteiger partial charge is 0.460 e. The third-order valence-electron chi connectivity index (χ3n) is 5.52. The van der Waals surface area contributed by atoms with Gasteiger partial charge in [-0.3, -0.25) is 9.59 Å². The molecule has 3 N–H and O–H groups in total. The van der Waals surface area contributed by atoms with Crippen LogP contribution in [0.4, 0.5) is 36.4 Å². The van der Waals surface area contributed by atoms with Gasteiger partial charge in [-0.1, -0.05) is 11.6 Å². The number of pyridine rings is 1. The van der Waals surface area contributed by atoms with Gasteiger partial charge in [-0.2, -0.15) is 40.6 Å². The molecule has 0 unspecified atom stereocenters. The molecule has 42 heavy (non-hydrogen) atoms. The van der Waals surface area contributed by atoms with E-state index >= 15 is 0 Å². The molecule has 4 aromatic rings. The first-order valence-corrected chi connectivity index (χ1v) is 12.6. The molecule has 0 atom stereocenters. The van der Waals surface area contributed by atoms with Crippen molar-refractivity contribution in [3.8, 4) is 5.82 Å². The molecule has 0 saturated heterocycles. The first kappa shape index (κ1) is 31.1. The number of primary amides is 1. The molecule has 2 amide bonds. The molecule has 0 aliphatic carbocycles. The molecule has 0 aliphatic rings. The summed E-state index contributed by atoms with van der Waals surface area (Å²) in [4.78, 5) is 29.7. The van der Waals surface area contributed by atoms with E-state index < -0.39 is 42.2 Å². The van der Waals surface area contributed by atoms with E-state index in [2.05, 4.69) is 30.8 Å². The van der Waals surface area contributed by atoms with Crippen LogP contribution in [0.25, 0.3) is 5.82 Å². The molecule has 0 aliphatic heterocycles. The van der Waals surface area contributed by atoms with Crippen LogP contribution in [0.2, 0.25) is 5.02 Å². The second kappa shape index (κ2) is 11.1. The number of nitrogens with zero attached hydrogens (tertiary/aromatic N) is 7. The summed E-state index contributed by atoms with van der Waals surface area (Å²) in [6.07, 6.45) is -5.29. The number of aryl methyl sites for hydroxylation is 1. The maximum atomic E-state index is 14.0. The number of aromatic nitrogens is 7. The van der Waals surface area contributed by atoms with Crippen molar-refractivity contribution in [2.24, 2.45) is 5.73 Å². The predicted molar refractivity (Wildman–Crippen MR) is 139 cm³/mol. The number of halogens is 9. The lowest BCUT2D eigenvalue weighted by Crippen LogP contribution is -2.50. The van der Waals surface area contributed by atoms with Gasteiger partial charge in [0.25, 0.3) is 17.6 Å². The molecule has 20 heteroatoms. The van der Waals surface area contributed by atoms with Crippen LogP contribution in [0.3, 0.4) is 0 Å². The number of carbonyl (C=O) groups excluding carboxylic acids is 2. The number of tetrazole rings is 1. The fraction of sp³-hybridized carbons (Fsp3) is 0.227. The van der Waals surface area contributed by atoms with Crippen molar-refractivity contribution in [2.45, 2.75) is 31.5 Å². The number of carbonyl (C=O) groups is 2. The Kier molecular flexibility index (Phi) is 8.19. The third kappa shape index (κ3) is 5.74. The SMILES string of the molecule is Cc1cc(I)cc(C(N)=O)c1NC(=O)c1cc(Cn2nnc(C(F)(F)C(F)(F)C(F)(F)F)n2)nn1-c1ncccc1Cl. The highest BCUT2D eigenvalue weighted by molar-refractivity contribution is 14.1. The first-order valence-electron chi connectivity index (χ1n) is 11.2. The maximum Gasteiger partial charge on any atom is 0.460 e. The van der Waals surface area contributed by atoms with Gasteiger partial charge in [-0.05, 0) is 70.6 Å². The van der Waals surface area contributed by atoms with Gasteiger partial charge in [-0.25, -0.2) is 9.67 Å². The van der Waals surface area contributed by atoms with Crippen LogP contribution in [-0.2, 0) is 12.5 Å². The van der Waals surface area contributed by atoms with E-state index in [4.69, 9.17) is 17.3 Å². The van der Waals surface area contributed by atoms with Gasteiger partial charge in [0.1, 0.15) is 12.2 Å². The topological polar surface area (TPSA) is 146 Å². The number of benzene rings is 1. The van der Waals surface area contributed by atoms with Crippen LogP contribution < -0.4 is 11.1 Å². The highest BCUT2D eigenvalue weighted by Crippen LogP contribution is 2.50. The lowest BCUT2D eigenvalue weighted by atomic mass is 10.1. The van der Waals surface area contributed by atoms with Gasteiger partial charge < -0.3 is 11.1 Å². The van der Waals surface area contributed by atoms with Gasteiger partial charge in [0, 0.05) is 9.77 Å². The van der Waals surface area contributed by atoms with Crippen molar-refractivity contribution in [1.29, 1.82) is 0 Å². The van der Waals surface area contributed by atoms with Crippen LogP contribution in [0.5, 0.6) is 0 Å². The summed E-state index contributed by atoms with van der Waals surface area (Å²) in [5.41, 5.74) is 5.55. The summed E-state index contributed by atoms with van der Waals surface area (Å²) < 4.78 is 94.1. The molecule has 0 spiro atoms. The minimum atomic E-state index is -6.60. The molecule has 0 fully saturated rings. The molecule has 0 radical (unpaired) electrons. The third-order valence-corrected chi connectivity index (χ3v) is 6.44. The highest BCUT2D eigenvalue weighted by atomic mass is 127. The minimum Gasteiger partial charge on any atom is -0.366 e. The predicted octanol–water partition coefficient (Wildman–Crippen LogP) is 4.51. The Morgan fingerprint density at radius 2 is 1.79 bits per heavy atom. The van der Waals surface area contributed by atoms with E-state index in [1.165, 1.54) is 24.4 Å². The number of amides is 2. The average molecular weight is 732 g/mol. The lowest BCUT2D eigenvalue weighted by Gasteiger charge is -2.25. The van der Waals surface area contributed by atoms with Crippen LogP contribution in [0.15, 0.2) is 36.5 Å². The van der Waals surface area contributed by atoms with Crippen LogP contribution >= 0.6 is 34.2 Å². The van der Waals surface area contributed by atoms with E-state index in [-0.39, 0.29) is 38.3 Å². The Morgan fingerprint density at radius 1 is 1.10 bits per heavy atom. The van der Waals surface area contributed by atoms with Gasteiger partial charge in [-0.15, -0.1) is 10.2 Å². The monoisotopic (exact) mass is 731 g/mol. The fourth-order valence-electron chi connectivity index (χ4n) is 3.54. The molecular weight excluding hydrogens is 718 g/mol. The number of hydrogen-bond donors (Lipinski definition) is 2. The van der Waals surface area contributed by atoms with Crippen molar-refractivity contribution < 1.29 is 40.3 Å². The number of nitrogens with one attached hydrogen (secondary N) is 1. The average Bonchev–Trinajstić information content (AvgIpc) is 3.53. The van der Waals surface area contributed by atoms with Crippen molar-refractivity contribution in [1.82, 2.24) is 35.0 Å². The van der Waals surface area contributed by atoms with Crippen LogP contribution in [0.1, 0.15) is 37.9 Å². The number of anilines is 1. The van der Waals surface area contributed by atoms with E-state index in [0.29, 0.717) is 9.13 Å². The van der Waals surface area contributed by atoms with E-state index in [0.717, 1.165) is 10.7 Å². The Labute approximate surface area is 248 Å². The van der Waals surface area contributed by atoms with E-state index in [1.54, 1.807) is 13.0 Å². The van der Waals surface area contributed by atoms with Crippen LogP contribution in [0, 0.1) is 10.5 Å². The lowest BCUT2D eigenvalue weighted by molar-refractivity contribution is -0.361. The second-order valence-electron chi connectivity index (χ2n) is 8.50. The Morgan fingerprint density at radius 3 is 2.40 bits per heavy atom. The van der Waals surface area contributed by atoms with Crippen molar-refractivity contribution in [3.63, 3.8) is 0 Å². The summed E-state index contributed by atoms with van der Waals surface area (Å²) in [5, 5.41) is 15.4. The smallest absolute Gasteiger partial charge is 0.366 e. The summed E-state index contributed by atoms with van der Waals surface area (Å²) in [5.74, 6) is -16.3. The van der Waals surface area contributed by atoms with Gasteiger partial charge in [0.15, 0.2) is 5.82 Å². The Balaban J connectivity index is 1.73. The molecule has 1 aromatic carbocycles. The van der Waals surface area contributed by atoms with Crippen molar-refractivity contribution in [3.05, 3.63) is 73.5 Å². The van der Waals surface area contributed by atoms with Crippen molar-refractivity contribution in [2.75, 3.05) is 5.32 Å². The van der Waals surface area contributed by atoms with Crippen molar-refractivity contribution >= 4 is 51.7 Å². The maximum absolute atomic E-state index is 14.0. The zero-order valence-electron chi connectivity index (χ0n) is 20.6. The standard InChI is InChI=1S/C22H14ClF7IN9O2/c1-9-5-10(31)6-12(16(32)41)15(9)34-18(42)14-7-11(36-40(14)17-13(23)3-2-4-33-17)8-39-37-19(35-38-39)20(24,25)21(26,27)22(28,29)30/h2-7H,8H2,1H3,(H2,32,41)(H,34,42). The van der Waals surface area contributed by atoms with Gasteiger partial charge in [0.2, 0.25) is 0 Å². The summed E-state index contributed by atoms with van der Waals surface area (Å²) in [6, 6.07) is 7.08. The zero-order valence-corrected chi connectivity index (χ0v) is 23.5. The number of alkyl halides is 7. The van der Waals surface area contributed by atoms with Crippen LogP contribution in [-0.4, -0.2) is 58.9 Å². The molecular formula is C22H14ClF7IN9O2. The molecule has 4 rings (SSSR count). The number of nitrogens with two attached hydrogens (primary N) is 1. The highest BCUT2D eigenvalue weighted by Gasteiger charge is 2.75. The molecule has 3 aromatic heterocycles. The normalized spacial score (nSPS) is 12.4. The zero-order chi connectivity index (χ0) is 31.2. The van der Waals surface area contributed by atoms with E-state index in [1.807, 2.05) is 22.6 Å². The number of rotatable bonds is 8. The molecule has 11 nitrogen and oxygen atoms in total. The molecule has 222 valence electrons. The summed E-state index contributed by atoms with van der Waals surface area (Å²) in [7, 11) is 0. The molecule has 0 saturated carbocycles. The number of hydrogen-bond acceptors (Lipinski definition) is 7. The summed E-state index contributed by atoms with van der Waals surface area (Å²) in [6.45, 7) is 0.891. The summed E-state index contributed by atoms with van der Waals surface area (Å²) >= 11 is 8.15. The first-order chi connectivity index (χ1) is 19.4. The Hall–Kier alpha value is -3.88. The van der Waals surface area contributed by atoms with E-state index in [9.17, 15) is 40.3 Å². The van der Waals surface area contributed by atoms with Gasteiger partial charge >= 0.3 is 18.0 Å². The Bertz CT molecular complexity index is 1690.